The maximum absolute atomic E-state index is 4.39. The molecule has 0 saturated carbocycles. The van der Waals surface area contributed by atoms with E-state index in [1.807, 2.05) is 4.68 Å². The number of piperidine rings is 3. The van der Waals surface area contributed by atoms with Crippen LogP contribution in [-0.2, 0) is 13.1 Å². The summed E-state index contributed by atoms with van der Waals surface area (Å²) >= 11 is 0. The van der Waals surface area contributed by atoms with Gasteiger partial charge in [0.05, 0.1) is 6.54 Å². The Morgan fingerprint density at radius 3 is 2.79 bits per heavy atom. The van der Waals surface area contributed by atoms with Gasteiger partial charge in [-0.15, -0.1) is 0 Å². The molecule has 2 bridgehead atoms. The summed E-state index contributed by atoms with van der Waals surface area (Å²) in [6, 6.07) is 0.645. The van der Waals surface area contributed by atoms with E-state index in [1.54, 1.807) is 6.33 Å². The molecule has 0 aromatic carbocycles. The molecule has 5 nitrogen and oxygen atoms in total. The molecule has 0 spiro atoms. The third kappa shape index (κ3) is 2.98. The third-order valence-corrected chi connectivity index (χ3v) is 4.41. The Balaban J connectivity index is 1.56. The van der Waals surface area contributed by atoms with Gasteiger partial charge in [0.2, 0.25) is 0 Å². The number of fused-ring (bicyclic) bond motifs is 3. The van der Waals surface area contributed by atoms with Crippen LogP contribution in [0, 0.1) is 11.8 Å². The van der Waals surface area contributed by atoms with Crippen LogP contribution in [0.25, 0.3) is 0 Å². The van der Waals surface area contributed by atoms with E-state index in [0.29, 0.717) is 12.0 Å². The maximum atomic E-state index is 4.39. The van der Waals surface area contributed by atoms with Crippen LogP contribution in [0.1, 0.15) is 32.5 Å². The summed E-state index contributed by atoms with van der Waals surface area (Å²) < 4.78 is 2.04. The molecule has 1 aromatic rings. The summed E-state index contributed by atoms with van der Waals surface area (Å²) in [4.78, 5) is 6.97. The first-order valence-electron chi connectivity index (χ1n) is 7.55. The van der Waals surface area contributed by atoms with Crippen LogP contribution in [0.2, 0.25) is 0 Å². The molecule has 106 valence electrons. The summed E-state index contributed by atoms with van der Waals surface area (Å²) in [7, 11) is 0. The Hall–Kier alpha value is -0.940. The molecule has 4 rings (SSSR count). The molecule has 1 aromatic heterocycles. The lowest BCUT2D eigenvalue weighted by atomic mass is 9.84. The van der Waals surface area contributed by atoms with Gasteiger partial charge in [0.15, 0.2) is 0 Å². The zero-order valence-electron chi connectivity index (χ0n) is 12.0. The molecule has 1 atom stereocenters. The van der Waals surface area contributed by atoms with Crippen molar-refractivity contribution in [3.05, 3.63) is 12.2 Å². The summed E-state index contributed by atoms with van der Waals surface area (Å²) in [6.07, 6.45) is 4.39. The van der Waals surface area contributed by atoms with E-state index in [-0.39, 0.29) is 0 Å². The molecule has 3 aliphatic rings. The fourth-order valence-corrected chi connectivity index (χ4v) is 3.34. The van der Waals surface area contributed by atoms with E-state index in [9.17, 15) is 0 Å². The topological polar surface area (TPSA) is 46.0 Å². The number of nitrogens with one attached hydrogen (secondary N) is 1. The van der Waals surface area contributed by atoms with Crippen molar-refractivity contribution < 1.29 is 0 Å². The van der Waals surface area contributed by atoms with Crippen molar-refractivity contribution in [2.75, 3.05) is 19.6 Å². The van der Waals surface area contributed by atoms with Gasteiger partial charge in [-0.05, 0) is 37.8 Å². The van der Waals surface area contributed by atoms with Gasteiger partial charge in [-0.1, -0.05) is 13.8 Å². The highest BCUT2D eigenvalue weighted by Crippen LogP contribution is 2.27. The maximum Gasteiger partial charge on any atom is 0.140 e. The minimum atomic E-state index is 0.609. The number of hydrogen-bond donors (Lipinski definition) is 1. The van der Waals surface area contributed by atoms with E-state index in [2.05, 4.69) is 34.1 Å². The second-order valence-electron chi connectivity index (χ2n) is 6.38. The predicted molar refractivity (Wildman–Crippen MR) is 74.7 cm³/mol. The van der Waals surface area contributed by atoms with Crippen LogP contribution in [0.15, 0.2) is 6.33 Å². The van der Waals surface area contributed by atoms with Gasteiger partial charge in [0, 0.05) is 19.1 Å². The largest absolute Gasteiger partial charge is 0.305 e. The Labute approximate surface area is 115 Å². The van der Waals surface area contributed by atoms with Crippen LogP contribution < -0.4 is 5.32 Å². The van der Waals surface area contributed by atoms with E-state index in [1.165, 1.54) is 32.5 Å². The average Bonchev–Trinajstić information content (AvgIpc) is 2.84. The van der Waals surface area contributed by atoms with Crippen molar-refractivity contribution in [2.24, 2.45) is 11.8 Å². The highest BCUT2D eigenvalue weighted by molar-refractivity contribution is 4.93. The first-order valence-corrected chi connectivity index (χ1v) is 7.55. The van der Waals surface area contributed by atoms with Crippen LogP contribution in [0.3, 0.4) is 0 Å². The van der Waals surface area contributed by atoms with Crippen molar-refractivity contribution in [3.8, 4) is 0 Å². The monoisotopic (exact) mass is 263 g/mol. The van der Waals surface area contributed by atoms with Gasteiger partial charge in [0.1, 0.15) is 12.2 Å². The van der Waals surface area contributed by atoms with Crippen molar-refractivity contribution in [3.63, 3.8) is 0 Å². The van der Waals surface area contributed by atoms with Crippen LogP contribution in [-0.4, -0.2) is 45.3 Å². The van der Waals surface area contributed by atoms with Crippen LogP contribution in [0.5, 0.6) is 0 Å². The van der Waals surface area contributed by atoms with Gasteiger partial charge in [0.25, 0.3) is 0 Å². The third-order valence-electron chi connectivity index (χ3n) is 4.41. The molecule has 0 aliphatic carbocycles. The fourth-order valence-electron chi connectivity index (χ4n) is 3.34. The molecule has 3 aliphatic heterocycles. The van der Waals surface area contributed by atoms with Gasteiger partial charge in [-0.3, -0.25) is 0 Å². The summed E-state index contributed by atoms with van der Waals surface area (Å²) in [5.74, 6) is 2.55. The van der Waals surface area contributed by atoms with Crippen molar-refractivity contribution in [1.29, 1.82) is 0 Å². The minimum Gasteiger partial charge on any atom is -0.305 e. The second-order valence-corrected chi connectivity index (χ2v) is 6.38. The molecular formula is C14H25N5. The standard InChI is InChI=1S/C14H25N5/c1-11(2)8-19-14(16-10-17-19)7-15-13-9-18-5-3-12(13)4-6-18/h10-13,15H,3-9H2,1-2H3. The molecule has 1 N–H and O–H groups in total. The Bertz CT molecular complexity index is 406. The number of hydrogen-bond acceptors (Lipinski definition) is 4. The van der Waals surface area contributed by atoms with E-state index in [4.69, 9.17) is 0 Å². The van der Waals surface area contributed by atoms with Crippen molar-refractivity contribution in [1.82, 2.24) is 25.0 Å². The Morgan fingerprint density at radius 1 is 1.37 bits per heavy atom. The van der Waals surface area contributed by atoms with Crippen LogP contribution >= 0.6 is 0 Å². The number of rotatable bonds is 5. The van der Waals surface area contributed by atoms with Gasteiger partial charge in [-0.25, -0.2) is 9.67 Å². The number of nitrogens with zero attached hydrogens (tertiary/aromatic N) is 4. The molecule has 5 heteroatoms. The molecule has 1 unspecified atom stereocenters. The summed E-state index contributed by atoms with van der Waals surface area (Å²) in [5, 5.41) is 8.03. The van der Waals surface area contributed by atoms with Crippen molar-refractivity contribution >= 4 is 0 Å². The molecule has 0 amide bonds. The highest BCUT2D eigenvalue weighted by Gasteiger charge is 2.33. The normalized spacial score (nSPS) is 30.2. The molecule has 19 heavy (non-hydrogen) atoms. The molecule has 3 saturated heterocycles. The molecule has 3 fully saturated rings. The SMILES string of the molecule is CC(C)Cn1ncnc1CNC1CN2CCC1CC2. The molecule has 0 radical (unpaired) electrons. The average molecular weight is 263 g/mol. The lowest BCUT2D eigenvalue weighted by Gasteiger charge is -2.45. The quantitative estimate of drug-likeness (QED) is 0.864. The Kier molecular flexibility index (Phi) is 3.84. The lowest BCUT2D eigenvalue weighted by molar-refractivity contribution is 0.0714. The van der Waals surface area contributed by atoms with Crippen molar-refractivity contribution in [2.45, 2.75) is 45.8 Å². The molecular weight excluding hydrogens is 238 g/mol. The predicted octanol–water partition coefficient (Wildman–Crippen LogP) is 1.12. The van der Waals surface area contributed by atoms with E-state index in [0.717, 1.165) is 24.8 Å². The lowest BCUT2D eigenvalue weighted by Crippen LogP contribution is -2.55. The zero-order valence-corrected chi connectivity index (χ0v) is 12.0. The minimum absolute atomic E-state index is 0.609. The van der Waals surface area contributed by atoms with Crippen LogP contribution in [0.4, 0.5) is 0 Å². The Morgan fingerprint density at radius 2 is 2.16 bits per heavy atom. The zero-order chi connectivity index (χ0) is 13.2. The smallest absolute Gasteiger partial charge is 0.140 e. The fraction of sp³-hybridized carbons (Fsp3) is 0.857. The van der Waals surface area contributed by atoms with Gasteiger partial charge in [-0.2, -0.15) is 5.10 Å². The first kappa shape index (κ1) is 13.1. The number of aromatic nitrogens is 3. The van der Waals surface area contributed by atoms with Gasteiger partial charge < -0.3 is 10.2 Å². The first-order chi connectivity index (χ1) is 9.22. The van der Waals surface area contributed by atoms with Gasteiger partial charge >= 0.3 is 0 Å². The summed E-state index contributed by atoms with van der Waals surface area (Å²) in [5.41, 5.74) is 0. The molecule has 4 heterocycles. The van der Waals surface area contributed by atoms with E-state index >= 15 is 0 Å². The van der Waals surface area contributed by atoms with E-state index < -0.39 is 0 Å². The second kappa shape index (κ2) is 5.59. The highest BCUT2D eigenvalue weighted by atomic mass is 15.3. The summed E-state index contributed by atoms with van der Waals surface area (Å²) in [6.45, 7) is 10.0.